The first-order valence-electron chi connectivity index (χ1n) is 12.9. The molecule has 4 rings (SSSR count). The Bertz CT molecular complexity index is 1370. The van der Waals surface area contributed by atoms with Gasteiger partial charge in [0.15, 0.2) is 11.2 Å². The Morgan fingerprint density at radius 2 is 1.85 bits per heavy atom. The standard InChI is InChI=1S/C28H32FN3O7/c1-3-14-37-24-9-8-23(29)26-27(24)32(18-25(34)30-10-11-31-12-15-36-16-13-31)17-22(28(26)35)20-4-6-21(7-5-20)39-38-19(2)33/h4-9,17H,3,10-16,18H2,1-2H3,(H,30,34). The zero-order valence-electron chi connectivity index (χ0n) is 22.0. The van der Waals surface area contributed by atoms with Gasteiger partial charge in [-0.05, 0) is 36.2 Å². The second-order valence-corrected chi connectivity index (χ2v) is 9.10. The van der Waals surface area contributed by atoms with Crippen LogP contribution in [-0.4, -0.2) is 67.3 Å². The number of carbonyl (C=O) groups is 2. The van der Waals surface area contributed by atoms with E-state index >= 15 is 4.39 Å². The molecule has 0 unspecified atom stereocenters. The number of nitrogens with zero attached hydrogens (tertiary/aromatic N) is 2. The normalized spacial score (nSPS) is 13.7. The number of aromatic nitrogens is 1. The van der Waals surface area contributed by atoms with Gasteiger partial charge in [-0.1, -0.05) is 19.1 Å². The van der Waals surface area contributed by atoms with E-state index in [0.29, 0.717) is 50.6 Å². The van der Waals surface area contributed by atoms with Crippen LogP contribution in [0, 0.1) is 5.82 Å². The third kappa shape index (κ3) is 7.12. The number of benzene rings is 2. The lowest BCUT2D eigenvalue weighted by Crippen LogP contribution is -2.41. The SMILES string of the molecule is CCCOc1ccc(F)c2c(=O)c(-c3ccc(OOC(C)=O)cc3)cn(CC(=O)NCCN3CCOCC3)c12. The number of ether oxygens (including phenoxy) is 2. The van der Waals surface area contributed by atoms with Crippen molar-refractivity contribution in [3.63, 3.8) is 0 Å². The summed E-state index contributed by atoms with van der Waals surface area (Å²) in [7, 11) is 0. The molecule has 0 spiro atoms. The Balaban J connectivity index is 1.67. The Morgan fingerprint density at radius 1 is 1.10 bits per heavy atom. The van der Waals surface area contributed by atoms with Crippen LogP contribution in [0.15, 0.2) is 47.4 Å². The van der Waals surface area contributed by atoms with Gasteiger partial charge in [0.25, 0.3) is 0 Å². The maximum absolute atomic E-state index is 15.2. The molecular weight excluding hydrogens is 509 g/mol. The maximum Gasteiger partial charge on any atom is 0.352 e. The first kappa shape index (κ1) is 28.1. The van der Waals surface area contributed by atoms with Gasteiger partial charge in [0, 0.05) is 44.9 Å². The Hall–Kier alpha value is -3.96. The summed E-state index contributed by atoms with van der Waals surface area (Å²) in [4.78, 5) is 49.1. The Morgan fingerprint density at radius 3 is 2.54 bits per heavy atom. The number of rotatable bonds is 11. The van der Waals surface area contributed by atoms with Crippen molar-refractivity contribution in [2.45, 2.75) is 26.8 Å². The van der Waals surface area contributed by atoms with Crippen molar-refractivity contribution in [2.75, 3.05) is 46.0 Å². The molecule has 2 heterocycles. The fraction of sp³-hybridized carbons (Fsp3) is 0.393. The monoisotopic (exact) mass is 541 g/mol. The van der Waals surface area contributed by atoms with Crippen LogP contribution in [0.1, 0.15) is 20.3 Å². The molecule has 0 bridgehead atoms. The van der Waals surface area contributed by atoms with Gasteiger partial charge in [-0.15, -0.1) is 0 Å². The van der Waals surface area contributed by atoms with E-state index in [1.807, 2.05) is 6.92 Å². The van der Waals surface area contributed by atoms with Crippen molar-refractivity contribution in [1.29, 1.82) is 0 Å². The van der Waals surface area contributed by atoms with Crippen LogP contribution in [-0.2, 0) is 25.8 Å². The van der Waals surface area contributed by atoms with Crippen molar-refractivity contribution >= 4 is 22.8 Å². The summed E-state index contributed by atoms with van der Waals surface area (Å²) in [6.45, 7) is 7.46. The molecule has 39 heavy (non-hydrogen) atoms. The van der Waals surface area contributed by atoms with Crippen LogP contribution in [0.5, 0.6) is 11.5 Å². The zero-order valence-corrected chi connectivity index (χ0v) is 22.0. The van der Waals surface area contributed by atoms with Crippen LogP contribution in [0.25, 0.3) is 22.0 Å². The highest BCUT2D eigenvalue weighted by molar-refractivity contribution is 5.90. The Labute approximate surface area is 225 Å². The van der Waals surface area contributed by atoms with E-state index in [9.17, 15) is 14.4 Å². The molecule has 208 valence electrons. The van der Waals surface area contributed by atoms with Gasteiger partial charge in [-0.3, -0.25) is 24.3 Å². The molecule has 1 aliphatic rings. The third-order valence-electron chi connectivity index (χ3n) is 6.18. The maximum atomic E-state index is 15.2. The molecule has 10 nitrogen and oxygen atoms in total. The van der Waals surface area contributed by atoms with Gasteiger partial charge < -0.3 is 19.4 Å². The quantitative estimate of drug-likeness (QED) is 0.292. The number of hydrogen-bond donors (Lipinski definition) is 1. The molecule has 11 heteroatoms. The minimum atomic E-state index is -0.711. The molecule has 1 aromatic heterocycles. The van der Waals surface area contributed by atoms with E-state index in [1.54, 1.807) is 16.7 Å². The predicted molar refractivity (Wildman–Crippen MR) is 142 cm³/mol. The van der Waals surface area contributed by atoms with E-state index in [4.69, 9.17) is 14.4 Å². The summed E-state index contributed by atoms with van der Waals surface area (Å²) in [5.74, 6) is -1.04. The van der Waals surface area contributed by atoms with Gasteiger partial charge in [-0.25, -0.2) is 9.18 Å². The lowest BCUT2D eigenvalue weighted by molar-refractivity contribution is -0.210. The molecule has 0 saturated carbocycles. The van der Waals surface area contributed by atoms with E-state index < -0.39 is 17.2 Å². The van der Waals surface area contributed by atoms with Crippen LogP contribution in [0.2, 0.25) is 0 Å². The molecule has 1 fully saturated rings. The number of nitrogens with one attached hydrogen (secondary N) is 1. The first-order chi connectivity index (χ1) is 18.9. The number of morpholine rings is 1. The largest absolute Gasteiger partial charge is 0.491 e. The molecular formula is C28H32FN3O7. The average Bonchev–Trinajstić information content (AvgIpc) is 2.93. The minimum absolute atomic E-state index is 0.146. The number of halogens is 1. The number of carbonyl (C=O) groups excluding carboxylic acids is 2. The molecule has 2 aromatic carbocycles. The highest BCUT2D eigenvalue weighted by atomic mass is 19.1. The molecule has 1 saturated heterocycles. The number of fused-ring (bicyclic) bond motifs is 1. The van der Waals surface area contributed by atoms with Gasteiger partial charge in [0.1, 0.15) is 18.1 Å². The van der Waals surface area contributed by atoms with E-state index in [2.05, 4.69) is 15.1 Å². The highest BCUT2D eigenvalue weighted by Gasteiger charge is 2.20. The molecule has 3 aromatic rings. The lowest BCUT2D eigenvalue weighted by Gasteiger charge is -2.26. The van der Waals surface area contributed by atoms with Crippen LogP contribution in [0.4, 0.5) is 4.39 Å². The van der Waals surface area contributed by atoms with E-state index in [0.717, 1.165) is 13.1 Å². The van der Waals surface area contributed by atoms with Crippen molar-refractivity contribution in [2.24, 2.45) is 0 Å². The summed E-state index contributed by atoms with van der Waals surface area (Å²) in [6, 6.07) is 8.87. The lowest BCUT2D eigenvalue weighted by atomic mass is 10.0. The minimum Gasteiger partial charge on any atom is -0.491 e. The second kappa shape index (κ2) is 13.2. The van der Waals surface area contributed by atoms with Crippen LogP contribution >= 0.6 is 0 Å². The van der Waals surface area contributed by atoms with Crippen LogP contribution in [0.3, 0.4) is 0 Å². The first-order valence-corrected chi connectivity index (χ1v) is 12.9. The number of hydrogen-bond acceptors (Lipinski definition) is 8. The molecule has 1 aliphatic heterocycles. The summed E-state index contributed by atoms with van der Waals surface area (Å²) < 4.78 is 27.9. The molecule has 1 amide bonds. The average molecular weight is 542 g/mol. The van der Waals surface area contributed by atoms with Crippen molar-refractivity contribution in [1.82, 2.24) is 14.8 Å². The number of amides is 1. The third-order valence-corrected chi connectivity index (χ3v) is 6.18. The topological polar surface area (TPSA) is 108 Å². The molecule has 0 atom stereocenters. The van der Waals surface area contributed by atoms with E-state index in [1.165, 1.54) is 37.4 Å². The fourth-order valence-electron chi connectivity index (χ4n) is 4.31. The second-order valence-electron chi connectivity index (χ2n) is 9.10. The highest BCUT2D eigenvalue weighted by Crippen LogP contribution is 2.30. The van der Waals surface area contributed by atoms with Gasteiger partial charge in [0.05, 0.1) is 30.7 Å². The molecule has 0 aliphatic carbocycles. The van der Waals surface area contributed by atoms with E-state index in [-0.39, 0.29) is 34.7 Å². The van der Waals surface area contributed by atoms with Gasteiger partial charge >= 0.3 is 5.97 Å². The van der Waals surface area contributed by atoms with Gasteiger partial charge in [0.2, 0.25) is 5.91 Å². The van der Waals surface area contributed by atoms with Crippen molar-refractivity contribution in [3.8, 4) is 22.6 Å². The predicted octanol–water partition coefficient (Wildman–Crippen LogP) is 2.90. The molecule has 0 radical (unpaired) electrons. The summed E-state index contributed by atoms with van der Waals surface area (Å²) >= 11 is 0. The Kier molecular flexibility index (Phi) is 9.50. The summed E-state index contributed by atoms with van der Waals surface area (Å²) in [6.07, 6.45) is 2.25. The zero-order chi connectivity index (χ0) is 27.8. The van der Waals surface area contributed by atoms with Crippen LogP contribution < -0.4 is 20.4 Å². The summed E-state index contributed by atoms with van der Waals surface area (Å²) in [5, 5.41) is 2.75. The van der Waals surface area contributed by atoms with Crippen molar-refractivity contribution < 1.29 is 33.2 Å². The molecule has 1 N–H and O–H groups in total. The smallest absolute Gasteiger partial charge is 0.352 e. The summed E-state index contributed by atoms with van der Waals surface area (Å²) in [5.41, 5.74) is 0.337. The van der Waals surface area contributed by atoms with Crippen molar-refractivity contribution in [3.05, 3.63) is 58.6 Å². The number of pyridine rings is 1. The fourth-order valence-corrected chi connectivity index (χ4v) is 4.31. The van der Waals surface area contributed by atoms with Gasteiger partial charge in [-0.2, -0.15) is 0 Å².